The molecule has 0 amide bonds. The minimum atomic E-state index is -0.258. The van der Waals surface area contributed by atoms with E-state index < -0.39 is 0 Å². The predicted molar refractivity (Wildman–Crippen MR) is 120 cm³/mol. The molecule has 2 aromatic rings. The van der Waals surface area contributed by atoms with Gasteiger partial charge in [-0.1, -0.05) is 48.5 Å². The van der Waals surface area contributed by atoms with Gasteiger partial charge in [0.05, 0.1) is 13.2 Å². The smallest absolute Gasteiger partial charge is 0.330 e. The zero-order valence-electron chi connectivity index (χ0n) is 18.2. The van der Waals surface area contributed by atoms with Crippen molar-refractivity contribution >= 4 is 5.97 Å². The van der Waals surface area contributed by atoms with Gasteiger partial charge in [0.25, 0.3) is 0 Å². The molecule has 0 radical (unpaired) electrons. The molecular formula is C26H32FNO3. The summed E-state index contributed by atoms with van der Waals surface area (Å²) < 4.78 is 24.5. The molecule has 5 heteroatoms. The van der Waals surface area contributed by atoms with Gasteiger partial charge in [-0.05, 0) is 68.5 Å². The van der Waals surface area contributed by atoms with Gasteiger partial charge in [-0.15, -0.1) is 0 Å². The molecule has 1 atom stereocenters. The lowest BCUT2D eigenvalue weighted by molar-refractivity contribution is -0.137. The van der Waals surface area contributed by atoms with Crippen LogP contribution in [0.5, 0.6) is 0 Å². The first-order valence-electron chi connectivity index (χ1n) is 11.1. The molecule has 1 unspecified atom stereocenters. The van der Waals surface area contributed by atoms with Crippen molar-refractivity contribution in [3.05, 3.63) is 83.7 Å². The highest BCUT2D eigenvalue weighted by atomic mass is 19.1. The Kier molecular flexibility index (Phi) is 9.25. The van der Waals surface area contributed by atoms with Gasteiger partial charge < -0.3 is 14.4 Å². The number of piperidine rings is 1. The van der Waals surface area contributed by atoms with Crippen molar-refractivity contribution in [2.45, 2.75) is 32.3 Å². The maximum atomic E-state index is 13.4. The highest BCUT2D eigenvalue weighted by molar-refractivity contribution is 5.81. The van der Waals surface area contributed by atoms with E-state index in [0.29, 0.717) is 19.1 Å². The van der Waals surface area contributed by atoms with Crippen molar-refractivity contribution in [1.82, 2.24) is 4.90 Å². The zero-order valence-corrected chi connectivity index (χ0v) is 18.2. The van der Waals surface area contributed by atoms with Crippen molar-refractivity contribution in [3.8, 4) is 0 Å². The van der Waals surface area contributed by atoms with Crippen molar-refractivity contribution in [2.24, 2.45) is 5.92 Å². The second-order valence-corrected chi connectivity index (χ2v) is 7.89. The summed E-state index contributed by atoms with van der Waals surface area (Å²) in [7, 11) is 0. The summed E-state index contributed by atoms with van der Waals surface area (Å²) in [5.74, 6) is 0.112. The van der Waals surface area contributed by atoms with Crippen LogP contribution in [-0.4, -0.2) is 43.7 Å². The quantitative estimate of drug-likeness (QED) is 0.390. The van der Waals surface area contributed by atoms with E-state index in [9.17, 15) is 9.18 Å². The molecule has 1 aliphatic heterocycles. The third-order valence-corrected chi connectivity index (χ3v) is 5.68. The van der Waals surface area contributed by atoms with Crippen LogP contribution < -0.4 is 0 Å². The largest absolute Gasteiger partial charge is 0.463 e. The molecule has 1 fully saturated rings. The summed E-state index contributed by atoms with van der Waals surface area (Å²) in [6.45, 7) is 5.78. The van der Waals surface area contributed by atoms with Crippen molar-refractivity contribution in [1.29, 1.82) is 0 Å². The number of likely N-dealkylation sites (tertiary alicyclic amines) is 1. The van der Waals surface area contributed by atoms with Gasteiger partial charge in [-0.3, -0.25) is 0 Å². The minimum absolute atomic E-state index is 0.202. The van der Waals surface area contributed by atoms with Crippen LogP contribution in [0.1, 0.15) is 43.4 Å². The standard InChI is InChI=1S/C26H32FNO3/c1-2-30-25(29)10-6-7-21-15-17-28(18-16-21)19-20-31-26(22-8-4-3-5-9-22)23-11-13-24(27)14-12-23/h3-6,8-14,21,26H,2,7,15-20H2,1H3/b10-6+. The average molecular weight is 426 g/mol. The van der Waals surface area contributed by atoms with Gasteiger partial charge in [0.1, 0.15) is 11.9 Å². The Morgan fingerprint density at radius 2 is 1.77 bits per heavy atom. The lowest BCUT2D eigenvalue weighted by Crippen LogP contribution is -2.36. The first-order valence-corrected chi connectivity index (χ1v) is 11.1. The third kappa shape index (κ3) is 7.60. The molecule has 0 spiro atoms. The third-order valence-electron chi connectivity index (χ3n) is 5.68. The Hall–Kier alpha value is -2.50. The number of esters is 1. The van der Waals surface area contributed by atoms with Crippen LogP contribution in [0.3, 0.4) is 0 Å². The van der Waals surface area contributed by atoms with Gasteiger partial charge in [0, 0.05) is 12.6 Å². The Labute approximate surface area is 184 Å². The molecule has 166 valence electrons. The fourth-order valence-corrected chi connectivity index (χ4v) is 3.94. The van der Waals surface area contributed by atoms with E-state index in [4.69, 9.17) is 9.47 Å². The highest BCUT2D eigenvalue weighted by Gasteiger charge is 2.20. The van der Waals surface area contributed by atoms with E-state index in [1.54, 1.807) is 18.2 Å². The zero-order chi connectivity index (χ0) is 21.9. The van der Waals surface area contributed by atoms with E-state index in [-0.39, 0.29) is 17.9 Å². The maximum Gasteiger partial charge on any atom is 0.330 e. The van der Waals surface area contributed by atoms with Gasteiger partial charge in [-0.2, -0.15) is 0 Å². The lowest BCUT2D eigenvalue weighted by Gasteiger charge is -2.32. The van der Waals surface area contributed by atoms with Crippen LogP contribution in [0.4, 0.5) is 4.39 Å². The molecule has 31 heavy (non-hydrogen) atoms. The van der Waals surface area contributed by atoms with Crippen molar-refractivity contribution in [2.75, 3.05) is 32.8 Å². The molecule has 2 aromatic carbocycles. The molecule has 4 nitrogen and oxygen atoms in total. The maximum absolute atomic E-state index is 13.4. The van der Waals surface area contributed by atoms with Gasteiger partial charge in [-0.25, -0.2) is 9.18 Å². The number of halogens is 1. The summed E-state index contributed by atoms with van der Waals surface area (Å²) in [6.07, 6.45) is 6.44. The van der Waals surface area contributed by atoms with E-state index in [0.717, 1.165) is 50.0 Å². The van der Waals surface area contributed by atoms with E-state index in [2.05, 4.69) is 4.90 Å². The summed E-state index contributed by atoms with van der Waals surface area (Å²) >= 11 is 0. The second kappa shape index (κ2) is 12.4. The van der Waals surface area contributed by atoms with E-state index in [1.807, 2.05) is 43.3 Å². The first kappa shape index (κ1) is 23.2. The molecule has 3 rings (SSSR count). The fraction of sp³-hybridized carbons (Fsp3) is 0.423. The number of carbonyl (C=O) groups is 1. The average Bonchev–Trinajstić information content (AvgIpc) is 2.79. The van der Waals surface area contributed by atoms with Crippen LogP contribution in [0.25, 0.3) is 0 Å². The summed E-state index contributed by atoms with van der Waals surface area (Å²) in [5, 5.41) is 0. The van der Waals surface area contributed by atoms with Gasteiger partial charge in [0.15, 0.2) is 0 Å². The Balaban J connectivity index is 1.45. The number of hydrogen-bond donors (Lipinski definition) is 0. The van der Waals surface area contributed by atoms with Crippen LogP contribution >= 0.6 is 0 Å². The molecule has 0 N–H and O–H groups in total. The van der Waals surface area contributed by atoms with E-state index in [1.165, 1.54) is 12.1 Å². The summed E-state index contributed by atoms with van der Waals surface area (Å²) in [5.41, 5.74) is 2.03. The van der Waals surface area contributed by atoms with Crippen molar-refractivity contribution < 1.29 is 18.7 Å². The topological polar surface area (TPSA) is 38.8 Å². The molecule has 1 aliphatic rings. The van der Waals surface area contributed by atoms with Gasteiger partial charge >= 0.3 is 5.97 Å². The lowest BCUT2D eigenvalue weighted by atomic mass is 9.93. The van der Waals surface area contributed by atoms with E-state index >= 15 is 0 Å². The number of carbonyl (C=O) groups excluding carboxylic acids is 1. The number of rotatable bonds is 10. The summed E-state index contributed by atoms with van der Waals surface area (Å²) in [4.78, 5) is 13.8. The predicted octanol–water partition coefficient (Wildman–Crippen LogP) is 5.15. The highest BCUT2D eigenvalue weighted by Crippen LogP contribution is 2.26. The molecule has 1 heterocycles. The van der Waals surface area contributed by atoms with Crippen molar-refractivity contribution in [3.63, 3.8) is 0 Å². The Morgan fingerprint density at radius 1 is 1.10 bits per heavy atom. The van der Waals surface area contributed by atoms with Crippen LogP contribution in [-0.2, 0) is 14.3 Å². The van der Waals surface area contributed by atoms with Crippen LogP contribution in [0.2, 0.25) is 0 Å². The number of ether oxygens (including phenoxy) is 2. The molecule has 0 aromatic heterocycles. The molecule has 0 saturated carbocycles. The van der Waals surface area contributed by atoms with Crippen LogP contribution in [0, 0.1) is 11.7 Å². The molecule has 0 bridgehead atoms. The fourth-order valence-electron chi connectivity index (χ4n) is 3.94. The number of allylic oxidation sites excluding steroid dienone is 1. The Bertz CT molecular complexity index is 814. The Morgan fingerprint density at radius 3 is 2.45 bits per heavy atom. The molecule has 1 saturated heterocycles. The summed E-state index contributed by atoms with van der Waals surface area (Å²) in [6, 6.07) is 16.6. The number of benzene rings is 2. The number of nitrogens with zero attached hydrogens (tertiary/aromatic N) is 1. The van der Waals surface area contributed by atoms with Gasteiger partial charge in [0.2, 0.25) is 0 Å². The SMILES string of the molecule is CCOC(=O)/C=C/CC1CCN(CCOC(c2ccccc2)c2ccc(F)cc2)CC1. The normalized spacial score (nSPS) is 16.5. The monoisotopic (exact) mass is 425 g/mol. The number of hydrogen-bond acceptors (Lipinski definition) is 4. The minimum Gasteiger partial charge on any atom is -0.463 e. The first-order chi connectivity index (χ1) is 15.2. The molecular weight excluding hydrogens is 393 g/mol. The second-order valence-electron chi connectivity index (χ2n) is 7.89. The molecule has 0 aliphatic carbocycles. The van der Waals surface area contributed by atoms with Crippen LogP contribution in [0.15, 0.2) is 66.7 Å².